The molecule has 1 N–H and O–H groups in total. The Morgan fingerprint density at radius 1 is 1.11 bits per heavy atom. The highest BCUT2D eigenvalue weighted by molar-refractivity contribution is 7.99. The highest BCUT2D eigenvalue weighted by Crippen LogP contribution is 2.39. The lowest BCUT2D eigenvalue weighted by Gasteiger charge is -2.27. The lowest BCUT2D eigenvalue weighted by molar-refractivity contribution is -0.114. The number of hydrogen-bond acceptors (Lipinski definition) is 9. The molecule has 3 rings (SSSR count). The molecule has 27 heavy (non-hydrogen) atoms. The summed E-state index contributed by atoms with van der Waals surface area (Å²) in [7, 11) is 3.11. The predicted molar refractivity (Wildman–Crippen MR) is 102 cm³/mol. The number of ether oxygens (including phenoxy) is 2. The molecule has 0 unspecified atom stereocenters. The third kappa shape index (κ3) is 4.76. The molecule has 1 aliphatic rings. The summed E-state index contributed by atoms with van der Waals surface area (Å²) in [6, 6.07) is 1.62. The lowest BCUT2D eigenvalue weighted by Crippen LogP contribution is -2.31. The van der Waals surface area contributed by atoms with Crippen LogP contribution < -0.4 is 19.7 Å². The van der Waals surface area contributed by atoms with Gasteiger partial charge in [-0.3, -0.25) is 4.79 Å². The maximum atomic E-state index is 11.2. The first-order valence-corrected chi connectivity index (χ1v) is 9.46. The third-order valence-electron chi connectivity index (χ3n) is 3.95. The molecule has 3 heterocycles. The summed E-state index contributed by atoms with van der Waals surface area (Å²) in [6.07, 6.45) is 5.03. The quantitative estimate of drug-likeness (QED) is 0.745. The molecule has 0 spiro atoms. The van der Waals surface area contributed by atoms with Crippen LogP contribution >= 0.6 is 11.8 Å². The highest BCUT2D eigenvalue weighted by atomic mass is 32.2. The largest absolute Gasteiger partial charge is 0.480 e. The van der Waals surface area contributed by atoms with Crippen molar-refractivity contribution in [3.63, 3.8) is 0 Å². The van der Waals surface area contributed by atoms with Gasteiger partial charge in [0, 0.05) is 26.2 Å². The van der Waals surface area contributed by atoms with E-state index in [-0.39, 0.29) is 5.91 Å². The van der Waals surface area contributed by atoms with Crippen molar-refractivity contribution in [3.05, 3.63) is 12.3 Å². The lowest BCUT2D eigenvalue weighted by atomic mass is 10.1. The minimum Gasteiger partial charge on any atom is -0.480 e. The van der Waals surface area contributed by atoms with Gasteiger partial charge in [0.2, 0.25) is 23.6 Å². The van der Waals surface area contributed by atoms with Crippen molar-refractivity contribution in [2.45, 2.75) is 36.2 Å². The summed E-state index contributed by atoms with van der Waals surface area (Å²) in [5.74, 6) is 1.63. The first-order valence-electron chi connectivity index (χ1n) is 8.64. The summed E-state index contributed by atoms with van der Waals surface area (Å²) in [4.78, 5) is 31.6. The van der Waals surface area contributed by atoms with Crippen LogP contribution in [0.15, 0.2) is 22.3 Å². The van der Waals surface area contributed by atoms with Gasteiger partial charge in [0.05, 0.1) is 14.2 Å². The van der Waals surface area contributed by atoms with Crippen molar-refractivity contribution in [1.29, 1.82) is 0 Å². The fourth-order valence-electron chi connectivity index (χ4n) is 2.73. The molecule has 9 nitrogen and oxygen atoms in total. The second-order valence-electron chi connectivity index (χ2n) is 5.93. The first kappa shape index (κ1) is 19.2. The average molecular weight is 390 g/mol. The first-order chi connectivity index (χ1) is 13.1. The van der Waals surface area contributed by atoms with Gasteiger partial charge in [-0.15, -0.1) is 0 Å². The van der Waals surface area contributed by atoms with E-state index in [2.05, 4.69) is 30.2 Å². The van der Waals surface area contributed by atoms with Crippen molar-refractivity contribution >= 4 is 29.4 Å². The van der Waals surface area contributed by atoms with Crippen molar-refractivity contribution in [1.82, 2.24) is 19.9 Å². The van der Waals surface area contributed by atoms with Crippen LogP contribution in [0.3, 0.4) is 0 Å². The molecular weight excluding hydrogens is 368 g/mol. The van der Waals surface area contributed by atoms with E-state index in [1.165, 1.54) is 25.1 Å². The van der Waals surface area contributed by atoms with E-state index in [9.17, 15) is 4.79 Å². The molecule has 2 aromatic rings. The molecule has 10 heteroatoms. The van der Waals surface area contributed by atoms with E-state index >= 15 is 0 Å². The van der Waals surface area contributed by atoms with Crippen LogP contribution in [0.25, 0.3) is 0 Å². The third-order valence-corrected chi connectivity index (χ3v) is 4.88. The molecule has 0 aliphatic carbocycles. The zero-order valence-electron chi connectivity index (χ0n) is 15.6. The van der Waals surface area contributed by atoms with Crippen LogP contribution in [0, 0.1) is 0 Å². The Labute approximate surface area is 161 Å². The van der Waals surface area contributed by atoms with E-state index < -0.39 is 0 Å². The number of aromatic nitrogens is 4. The maximum Gasteiger partial charge on any atom is 0.236 e. The number of anilines is 2. The van der Waals surface area contributed by atoms with Gasteiger partial charge in [-0.05, 0) is 37.1 Å². The number of carbonyl (C=O) groups is 1. The normalized spacial score (nSPS) is 14.0. The molecular formula is C17H22N6O3S. The van der Waals surface area contributed by atoms with Crippen molar-refractivity contribution < 1.29 is 14.3 Å². The second-order valence-corrected chi connectivity index (χ2v) is 6.90. The number of nitrogens with zero attached hydrogens (tertiary/aromatic N) is 5. The fraction of sp³-hybridized carbons (Fsp3) is 0.471. The second kappa shape index (κ2) is 8.85. The molecule has 1 aliphatic heterocycles. The molecule has 0 atom stereocenters. The van der Waals surface area contributed by atoms with Crippen molar-refractivity contribution in [2.24, 2.45) is 0 Å². The summed E-state index contributed by atoms with van der Waals surface area (Å²) in [5.41, 5.74) is 0. The number of amides is 1. The highest BCUT2D eigenvalue weighted by Gasteiger charge is 2.22. The maximum absolute atomic E-state index is 11.2. The van der Waals surface area contributed by atoms with E-state index in [0.717, 1.165) is 25.9 Å². The van der Waals surface area contributed by atoms with Gasteiger partial charge in [0.1, 0.15) is 10.7 Å². The monoisotopic (exact) mass is 390 g/mol. The number of piperidine rings is 1. The van der Waals surface area contributed by atoms with Crippen LogP contribution in [0.1, 0.15) is 26.2 Å². The molecule has 1 amide bonds. The van der Waals surface area contributed by atoms with Gasteiger partial charge < -0.3 is 19.7 Å². The number of carbonyl (C=O) groups excluding carboxylic acids is 1. The Balaban J connectivity index is 1.91. The Morgan fingerprint density at radius 2 is 1.78 bits per heavy atom. The fourth-order valence-corrected chi connectivity index (χ4v) is 3.60. The SMILES string of the molecule is COc1nc(N2CCCCC2)nc(OC)c1Sc1nccc(NC(C)=O)n1. The zero-order chi connectivity index (χ0) is 19.2. The number of rotatable bonds is 6. The van der Waals surface area contributed by atoms with Crippen LogP contribution in [-0.4, -0.2) is 53.2 Å². The summed E-state index contributed by atoms with van der Waals surface area (Å²) < 4.78 is 11.0. The van der Waals surface area contributed by atoms with Crippen LogP contribution in [0.5, 0.6) is 11.8 Å². The summed E-state index contributed by atoms with van der Waals surface area (Å²) >= 11 is 1.22. The molecule has 2 aromatic heterocycles. The van der Waals surface area contributed by atoms with E-state index in [1.54, 1.807) is 26.5 Å². The summed E-state index contributed by atoms with van der Waals surface area (Å²) in [5, 5.41) is 3.06. The molecule has 1 saturated heterocycles. The topological polar surface area (TPSA) is 102 Å². The van der Waals surface area contributed by atoms with Crippen molar-refractivity contribution in [2.75, 3.05) is 37.5 Å². The molecule has 0 aromatic carbocycles. The van der Waals surface area contributed by atoms with Crippen molar-refractivity contribution in [3.8, 4) is 11.8 Å². The minimum atomic E-state index is -0.200. The van der Waals surface area contributed by atoms with Gasteiger partial charge in [-0.25, -0.2) is 9.97 Å². The Hall–Kier alpha value is -2.62. The number of methoxy groups -OCH3 is 2. The Bertz CT molecular complexity index is 788. The standard InChI is InChI=1S/C17H22N6O3S/c1-11(24)19-12-7-8-18-17(20-12)27-13-14(25-2)21-16(22-15(13)26-3)23-9-5-4-6-10-23/h7-8H,4-6,9-10H2,1-3H3,(H,18,19,20,24). The molecule has 1 fully saturated rings. The van der Waals surface area contributed by atoms with E-state index in [1.807, 2.05) is 0 Å². The zero-order valence-corrected chi connectivity index (χ0v) is 16.4. The van der Waals surface area contributed by atoms with Gasteiger partial charge in [-0.2, -0.15) is 9.97 Å². The molecule has 144 valence electrons. The van der Waals surface area contributed by atoms with Gasteiger partial charge >= 0.3 is 0 Å². The smallest absolute Gasteiger partial charge is 0.236 e. The Morgan fingerprint density at radius 3 is 2.37 bits per heavy atom. The van der Waals surface area contributed by atoms with Crippen LogP contribution in [0.2, 0.25) is 0 Å². The van der Waals surface area contributed by atoms with Crippen LogP contribution in [-0.2, 0) is 4.79 Å². The average Bonchev–Trinajstić information content (AvgIpc) is 2.68. The van der Waals surface area contributed by atoms with Gasteiger partial charge in [-0.1, -0.05) is 0 Å². The van der Waals surface area contributed by atoms with E-state index in [0.29, 0.717) is 33.6 Å². The molecule has 0 saturated carbocycles. The van der Waals surface area contributed by atoms with Gasteiger partial charge in [0.15, 0.2) is 5.16 Å². The minimum absolute atomic E-state index is 0.200. The number of nitrogens with one attached hydrogen (secondary N) is 1. The van der Waals surface area contributed by atoms with Gasteiger partial charge in [0.25, 0.3) is 0 Å². The summed E-state index contributed by atoms with van der Waals surface area (Å²) in [6.45, 7) is 3.26. The predicted octanol–water partition coefficient (Wildman–Crippen LogP) is 2.38. The number of hydrogen-bond donors (Lipinski definition) is 1. The molecule has 0 bridgehead atoms. The van der Waals surface area contributed by atoms with Crippen LogP contribution in [0.4, 0.5) is 11.8 Å². The molecule has 0 radical (unpaired) electrons. The van der Waals surface area contributed by atoms with E-state index in [4.69, 9.17) is 9.47 Å². The Kier molecular flexibility index (Phi) is 6.28.